The summed E-state index contributed by atoms with van der Waals surface area (Å²) >= 11 is 5.77. The van der Waals surface area contributed by atoms with Gasteiger partial charge in [-0.25, -0.2) is 0 Å². The van der Waals surface area contributed by atoms with Crippen molar-refractivity contribution in [1.82, 2.24) is 0 Å². The summed E-state index contributed by atoms with van der Waals surface area (Å²) in [5.41, 5.74) is 0.936. The Kier molecular flexibility index (Phi) is 2.61. The number of carbonyl (C=O) groups excluding carboxylic acids is 1. The van der Waals surface area contributed by atoms with Gasteiger partial charge in [-0.15, -0.1) is 0 Å². The van der Waals surface area contributed by atoms with Gasteiger partial charge in [0.2, 0.25) is 0 Å². The number of ketones is 1. The zero-order valence-corrected chi connectivity index (χ0v) is 8.74. The van der Waals surface area contributed by atoms with Gasteiger partial charge in [-0.2, -0.15) is 5.26 Å². The van der Waals surface area contributed by atoms with E-state index < -0.39 is 5.92 Å². The Hall–Kier alpha value is -1.53. The number of nitrogens with zero attached hydrogens (tertiary/aromatic N) is 2. The average molecular weight is 221 g/mol. The zero-order chi connectivity index (χ0) is 10.8. The van der Waals surface area contributed by atoms with Gasteiger partial charge in [0.25, 0.3) is 0 Å². The standard InChI is InChI=1S/C11H9ClN2O/c12-9-1-3-10(4-2-9)14-6-8(5-13)11(15)7-14/h1-4,8H,6-7H2. The maximum atomic E-state index is 11.4. The van der Waals surface area contributed by atoms with Crippen LogP contribution < -0.4 is 4.90 Å². The molecule has 1 saturated heterocycles. The summed E-state index contributed by atoms with van der Waals surface area (Å²) in [6.07, 6.45) is 0. The van der Waals surface area contributed by atoms with Gasteiger partial charge >= 0.3 is 0 Å². The summed E-state index contributed by atoms with van der Waals surface area (Å²) in [4.78, 5) is 13.3. The minimum Gasteiger partial charge on any atom is -0.362 e. The van der Waals surface area contributed by atoms with Crippen LogP contribution in [0.25, 0.3) is 0 Å². The lowest BCUT2D eigenvalue weighted by Crippen LogP contribution is -2.19. The van der Waals surface area contributed by atoms with Crippen LogP contribution in [-0.4, -0.2) is 18.9 Å². The monoisotopic (exact) mass is 220 g/mol. The molecule has 15 heavy (non-hydrogen) atoms. The van der Waals surface area contributed by atoms with Crippen LogP contribution >= 0.6 is 11.6 Å². The largest absolute Gasteiger partial charge is 0.362 e. The number of hydrogen-bond acceptors (Lipinski definition) is 3. The Bertz CT molecular complexity index is 421. The maximum absolute atomic E-state index is 11.4. The molecule has 0 bridgehead atoms. The molecule has 0 spiro atoms. The molecule has 0 N–H and O–H groups in total. The fraction of sp³-hybridized carbons (Fsp3) is 0.273. The molecule has 1 heterocycles. The molecule has 1 aromatic carbocycles. The number of Topliss-reactive ketones (excluding diaryl/α,β-unsaturated/α-hetero) is 1. The third-order valence-corrected chi connectivity index (χ3v) is 2.74. The second-order valence-corrected chi connectivity index (χ2v) is 3.94. The van der Waals surface area contributed by atoms with Crippen LogP contribution in [-0.2, 0) is 4.79 Å². The summed E-state index contributed by atoms with van der Waals surface area (Å²) in [6, 6.07) is 9.28. The molecule has 1 fully saturated rings. The molecule has 1 aliphatic heterocycles. The predicted octanol–water partition coefficient (Wildman–Crippen LogP) is 1.87. The van der Waals surface area contributed by atoms with E-state index in [1.807, 2.05) is 23.1 Å². The van der Waals surface area contributed by atoms with Crippen molar-refractivity contribution in [1.29, 1.82) is 5.26 Å². The van der Waals surface area contributed by atoms with E-state index in [9.17, 15) is 4.79 Å². The van der Waals surface area contributed by atoms with Crippen molar-refractivity contribution >= 4 is 23.1 Å². The lowest BCUT2D eigenvalue weighted by Gasteiger charge is -2.16. The van der Waals surface area contributed by atoms with Crippen LogP contribution in [0.3, 0.4) is 0 Å². The van der Waals surface area contributed by atoms with Gasteiger partial charge < -0.3 is 4.90 Å². The number of benzene rings is 1. The normalized spacial score (nSPS) is 20.4. The molecular formula is C11H9ClN2O. The zero-order valence-electron chi connectivity index (χ0n) is 7.98. The Labute approximate surface area is 92.9 Å². The highest BCUT2D eigenvalue weighted by Gasteiger charge is 2.30. The van der Waals surface area contributed by atoms with Crippen molar-refractivity contribution in [2.75, 3.05) is 18.0 Å². The number of carbonyl (C=O) groups is 1. The van der Waals surface area contributed by atoms with Gasteiger partial charge in [0.1, 0.15) is 5.92 Å². The summed E-state index contributed by atoms with van der Waals surface area (Å²) in [5.74, 6) is -0.492. The first kappa shape index (κ1) is 10.0. The molecule has 1 atom stereocenters. The first-order valence-electron chi connectivity index (χ1n) is 4.63. The highest BCUT2D eigenvalue weighted by Crippen LogP contribution is 2.22. The fourth-order valence-corrected chi connectivity index (χ4v) is 1.77. The van der Waals surface area contributed by atoms with E-state index in [1.54, 1.807) is 12.1 Å². The number of hydrogen-bond donors (Lipinski definition) is 0. The molecule has 0 radical (unpaired) electrons. The van der Waals surface area contributed by atoms with E-state index in [4.69, 9.17) is 16.9 Å². The molecule has 0 saturated carbocycles. The first-order chi connectivity index (χ1) is 7.20. The van der Waals surface area contributed by atoms with Crippen LogP contribution in [0, 0.1) is 17.2 Å². The van der Waals surface area contributed by atoms with Crippen molar-refractivity contribution in [3.05, 3.63) is 29.3 Å². The lowest BCUT2D eigenvalue weighted by atomic mass is 10.1. The van der Waals surface area contributed by atoms with E-state index in [-0.39, 0.29) is 5.78 Å². The Balaban J connectivity index is 2.18. The Morgan fingerprint density at radius 3 is 2.60 bits per heavy atom. The number of nitriles is 1. The number of halogens is 1. The smallest absolute Gasteiger partial charge is 0.170 e. The summed E-state index contributed by atoms with van der Waals surface area (Å²) < 4.78 is 0. The molecular weight excluding hydrogens is 212 g/mol. The van der Waals surface area contributed by atoms with Crippen LogP contribution in [0.1, 0.15) is 0 Å². The molecule has 0 aliphatic carbocycles. The topological polar surface area (TPSA) is 44.1 Å². The van der Waals surface area contributed by atoms with Gasteiger partial charge in [-0.1, -0.05) is 11.6 Å². The quantitative estimate of drug-likeness (QED) is 0.726. The Morgan fingerprint density at radius 1 is 1.40 bits per heavy atom. The second-order valence-electron chi connectivity index (χ2n) is 3.50. The van der Waals surface area contributed by atoms with E-state index in [2.05, 4.69) is 0 Å². The van der Waals surface area contributed by atoms with Crippen LogP contribution in [0.2, 0.25) is 5.02 Å². The SMILES string of the molecule is N#CC1CN(c2ccc(Cl)cc2)CC1=O. The fourth-order valence-electron chi connectivity index (χ4n) is 1.65. The van der Waals surface area contributed by atoms with Crippen LogP contribution in [0.4, 0.5) is 5.69 Å². The van der Waals surface area contributed by atoms with E-state index in [1.165, 1.54) is 0 Å². The van der Waals surface area contributed by atoms with Gasteiger partial charge in [0, 0.05) is 17.3 Å². The highest BCUT2D eigenvalue weighted by molar-refractivity contribution is 6.30. The molecule has 0 aromatic heterocycles. The molecule has 3 nitrogen and oxygen atoms in total. The van der Waals surface area contributed by atoms with E-state index in [0.717, 1.165) is 5.69 Å². The van der Waals surface area contributed by atoms with Crippen molar-refractivity contribution in [2.45, 2.75) is 0 Å². The molecule has 0 amide bonds. The maximum Gasteiger partial charge on any atom is 0.170 e. The van der Waals surface area contributed by atoms with Crippen LogP contribution in [0.5, 0.6) is 0 Å². The molecule has 1 aliphatic rings. The minimum atomic E-state index is -0.485. The molecule has 76 valence electrons. The lowest BCUT2D eigenvalue weighted by molar-refractivity contribution is -0.118. The highest BCUT2D eigenvalue weighted by atomic mass is 35.5. The van der Waals surface area contributed by atoms with E-state index >= 15 is 0 Å². The third kappa shape index (κ3) is 1.95. The summed E-state index contributed by atoms with van der Waals surface area (Å²) in [7, 11) is 0. The minimum absolute atomic E-state index is 0.00699. The molecule has 4 heteroatoms. The first-order valence-corrected chi connectivity index (χ1v) is 5.01. The van der Waals surface area contributed by atoms with Crippen molar-refractivity contribution in [3.8, 4) is 6.07 Å². The second kappa shape index (κ2) is 3.92. The molecule has 1 unspecified atom stereocenters. The summed E-state index contributed by atoms with van der Waals surface area (Å²) in [6.45, 7) is 0.802. The van der Waals surface area contributed by atoms with Gasteiger partial charge in [0.05, 0.1) is 12.6 Å². The van der Waals surface area contributed by atoms with Crippen molar-refractivity contribution in [2.24, 2.45) is 5.92 Å². The summed E-state index contributed by atoms with van der Waals surface area (Å²) in [5, 5.41) is 9.39. The predicted molar refractivity (Wildman–Crippen MR) is 57.8 cm³/mol. The third-order valence-electron chi connectivity index (χ3n) is 2.49. The van der Waals surface area contributed by atoms with Crippen molar-refractivity contribution in [3.63, 3.8) is 0 Å². The molecule has 1 aromatic rings. The Morgan fingerprint density at radius 2 is 2.07 bits per heavy atom. The van der Waals surface area contributed by atoms with Gasteiger partial charge in [-0.3, -0.25) is 4.79 Å². The van der Waals surface area contributed by atoms with Crippen LogP contribution in [0.15, 0.2) is 24.3 Å². The van der Waals surface area contributed by atoms with Gasteiger partial charge in [-0.05, 0) is 24.3 Å². The average Bonchev–Trinajstić information content (AvgIpc) is 2.61. The number of rotatable bonds is 1. The van der Waals surface area contributed by atoms with Crippen molar-refractivity contribution < 1.29 is 4.79 Å². The molecule has 2 rings (SSSR count). The number of anilines is 1. The van der Waals surface area contributed by atoms with E-state index in [0.29, 0.717) is 18.1 Å². The van der Waals surface area contributed by atoms with Gasteiger partial charge in [0.15, 0.2) is 5.78 Å².